The molecule has 0 saturated heterocycles. The molecule has 2 amide bonds. The SMILES string of the molecule is CCOC(=O)C1=C(COC(=O)CSc2cnc3ccccc3n2)NC(=O)N[C@H]1c1ccc(C)o1. The number of fused-ring (bicyclic) bond motifs is 1. The van der Waals surface area contributed by atoms with Gasteiger partial charge in [-0.2, -0.15) is 0 Å². The van der Waals surface area contributed by atoms with Crippen molar-refractivity contribution in [3.8, 4) is 0 Å². The first kappa shape index (κ1) is 23.3. The van der Waals surface area contributed by atoms with Crippen molar-refractivity contribution in [2.45, 2.75) is 24.9 Å². The molecule has 2 aromatic heterocycles. The van der Waals surface area contributed by atoms with E-state index < -0.39 is 24.0 Å². The normalized spacial score (nSPS) is 15.6. The molecule has 3 heterocycles. The summed E-state index contributed by atoms with van der Waals surface area (Å²) in [5.41, 5.74) is 1.72. The highest BCUT2D eigenvalue weighted by atomic mass is 32.2. The summed E-state index contributed by atoms with van der Waals surface area (Å²) in [6, 6.07) is 9.37. The van der Waals surface area contributed by atoms with Crippen LogP contribution in [0.2, 0.25) is 0 Å². The van der Waals surface area contributed by atoms with Crippen LogP contribution in [0.25, 0.3) is 11.0 Å². The highest BCUT2D eigenvalue weighted by Gasteiger charge is 2.36. The number of aryl methyl sites for hydroxylation is 1. The standard InChI is InChI=1S/C23H22N4O6S/c1-3-31-22(29)20-16(26-23(30)27-21(20)17-9-8-13(2)33-17)11-32-19(28)12-34-18-10-24-14-6-4-5-7-15(14)25-18/h4-10,21H,3,11-12H2,1-2H3,(H2,26,27,30)/t21-/m0/s1. The number of furan rings is 1. The van der Waals surface area contributed by atoms with Crippen molar-refractivity contribution in [1.29, 1.82) is 0 Å². The van der Waals surface area contributed by atoms with E-state index in [2.05, 4.69) is 20.6 Å². The van der Waals surface area contributed by atoms with Crippen LogP contribution in [0, 0.1) is 6.92 Å². The van der Waals surface area contributed by atoms with Gasteiger partial charge in [-0.15, -0.1) is 0 Å². The maximum Gasteiger partial charge on any atom is 0.338 e. The van der Waals surface area contributed by atoms with Gasteiger partial charge in [0.1, 0.15) is 29.2 Å². The van der Waals surface area contributed by atoms with Gasteiger partial charge in [0.2, 0.25) is 0 Å². The van der Waals surface area contributed by atoms with Crippen LogP contribution in [-0.2, 0) is 19.1 Å². The second-order valence-electron chi connectivity index (χ2n) is 7.24. The third-order valence-corrected chi connectivity index (χ3v) is 5.71. The molecule has 1 aliphatic heterocycles. The number of nitrogens with one attached hydrogen (secondary N) is 2. The molecule has 1 aliphatic rings. The van der Waals surface area contributed by atoms with E-state index in [1.807, 2.05) is 24.3 Å². The lowest BCUT2D eigenvalue weighted by atomic mass is 10.0. The third kappa shape index (κ3) is 5.37. The quantitative estimate of drug-likeness (QED) is 0.367. The van der Waals surface area contributed by atoms with Crippen LogP contribution >= 0.6 is 11.8 Å². The molecule has 10 nitrogen and oxygen atoms in total. The first-order valence-corrected chi connectivity index (χ1v) is 11.5. The van der Waals surface area contributed by atoms with Crippen molar-refractivity contribution in [2.75, 3.05) is 19.0 Å². The maximum atomic E-state index is 12.7. The molecule has 1 atom stereocenters. The Kier molecular flexibility index (Phi) is 7.12. The fraction of sp³-hybridized carbons (Fsp3) is 0.261. The fourth-order valence-corrected chi connectivity index (χ4v) is 3.98. The third-order valence-electron chi connectivity index (χ3n) is 4.84. The number of benzene rings is 1. The van der Waals surface area contributed by atoms with Gasteiger partial charge in [0.25, 0.3) is 0 Å². The molecule has 34 heavy (non-hydrogen) atoms. The number of urea groups is 1. The number of esters is 2. The van der Waals surface area contributed by atoms with E-state index in [1.165, 1.54) is 11.8 Å². The van der Waals surface area contributed by atoms with Gasteiger partial charge in [-0.1, -0.05) is 23.9 Å². The average molecular weight is 483 g/mol. The average Bonchev–Trinajstić information content (AvgIpc) is 3.27. The molecular formula is C23H22N4O6S. The fourth-order valence-electron chi connectivity index (χ4n) is 3.34. The van der Waals surface area contributed by atoms with Gasteiger partial charge < -0.3 is 24.5 Å². The lowest BCUT2D eigenvalue weighted by Crippen LogP contribution is -2.47. The van der Waals surface area contributed by atoms with Crippen LogP contribution in [0.1, 0.15) is 24.5 Å². The largest absolute Gasteiger partial charge is 0.464 e. The van der Waals surface area contributed by atoms with Gasteiger partial charge in [0, 0.05) is 0 Å². The first-order valence-electron chi connectivity index (χ1n) is 10.5. The first-order chi connectivity index (χ1) is 16.4. The Hall–Kier alpha value is -3.86. The zero-order chi connectivity index (χ0) is 24.1. The number of aromatic nitrogens is 2. The summed E-state index contributed by atoms with van der Waals surface area (Å²) in [5, 5.41) is 5.77. The molecular weight excluding hydrogens is 460 g/mol. The molecule has 0 radical (unpaired) electrons. The Bertz CT molecular complexity index is 1270. The molecule has 11 heteroatoms. The second kappa shape index (κ2) is 10.4. The molecule has 0 fully saturated rings. The van der Waals surface area contributed by atoms with Crippen LogP contribution < -0.4 is 10.6 Å². The van der Waals surface area contributed by atoms with E-state index in [0.29, 0.717) is 16.5 Å². The maximum absolute atomic E-state index is 12.7. The number of amides is 2. The molecule has 0 bridgehead atoms. The van der Waals surface area contributed by atoms with Crippen LogP contribution in [0.3, 0.4) is 0 Å². The van der Waals surface area contributed by atoms with Crippen LogP contribution in [0.15, 0.2) is 63.3 Å². The van der Waals surface area contributed by atoms with Gasteiger partial charge in [0.15, 0.2) is 0 Å². The van der Waals surface area contributed by atoms with Crippen molar-refractivity contribution in [1.82, 2.24) is 20.6 Å². The molecule has 0 unspecified atom stereocenters. The number of nitrogens with zero attached hydrogens (tertiary/aromatic N) is 2. The number of hydrogen-bond donors (Lipinski definition) is 2. The summed E-state index contributed by atoms with van der Waals surface area (Å²) in [4.78, 5) is 46.1. The molecule has 0 aliphatic carbocycles. The minimum atomic E-state index is -0.877. The van der Waals surface area contributed by atoms with Gasteiger partial charge in [0.05, 0.1) is 40.9 Å². The summed E-state index contributed by atoms with van der Waals surface area (Å²) in [6.07, 6.45) is 1.59. The van der Waals surface area contributed by atoms with Gasteiger partial charge >= 0.3 is 18.0 Å². The van der Waals surface area contributed by atoms with Crippen molar-refractivity contribution >= 4 is 40.8 Å². The van der Waals surface area contributed by atoms with Crippen molar-refractivity contribution in [3.63, 3.8) is 0 Å². The monoisotopic (exact) mass is 482 g/mol. The topological polar surface area (TPSA) is 133 Å². The molecule has 0 spiro atoms. The van der Waals surface area contributed by atoms with Gasteiger partial charge in [-0.25, -0.2) is 14.6 Å². The second-order valence-corrected chi connectivity index (χ2v) is 8.23. The van der Waals surface area contributed by atoms with Crippen molar-refractivity contribution in [2.24, 2.45) is 0 Å². The Morgan fingerprint density at radius 1 is 1.15 bits per heavy atom. The number of hydrogen-bond acceptors (Lipinski definition) is 9. The number of thioether (sulfide) groups is 1. The smallest absolute Gasteiger partial charge is 0.338 e. The Morgan fingerprint density at radius 3 is 2.68 bits per heavy atom. The zero-order valence-corrected chi connectivity index (χ0v) is 19.3. The summed E-state index contributed by atoms with van der Waals surface area (Å²) in [5.74, 6) is -0.241. The van der Waals surface area contributed by atoms with E-state index in [0.717, 1.165) is 11.0 Å². The number of carbonyl (C=O) groups is 3. The van der Waals surface area contributed by atoms with Crippen molar-refractivity contribution in [3.05, 3.63) is 65.4 Å². The Balaban J connectivity index is 1.46. The van der Waals surface area contributed by atoms with E-state index in [1.54, 1.807) is 32.2 Å². The lowest BCUT2D eigenvalue weighted by molar-refractivity contribution is -0.141. The van der Waals surface area contributed by atoms with Gasteiger partial charge in [-0.05, 0) is 38.1 Å². The lowest BCUT2D eigenvalue weighted by Gasteiger charge is -2.27. The molecule has 1 aromatic carbocycles. The van der Waals surface area contributed by atoms with Crippen LogP contribution in [0.5, 0.6) is 0 Å². The summed E-state index contributed by atoms with van der Waals surface area (Å²) in [6.45, 7) is 3.24. The number of rotatable bonds is 8. The van der Waals surface area contributed by atoms with Crippen LogP contribution in [-0.4, -0.2) is 46.9 Å². The number of ether oxygens (including phenoxy) is 2. The zero-order valence-electron chi connectivity index (χ0n) is 18.5. The van der Waals surface area contributed by atoms with Crippen molar-refractivity contribution < 1.29 is 28.3 Å². The van der Waals surface area contributed by atoms with Crippen LogP contribution in [0.4, 0.5) is 4.79 Å². The predicted molar refractivity (Wildman–Crippen MR) is 123 cm³/mol. The van der Waals surface area contributed by atoms with E-state index in [9.17, 15) is 14.4 Å². The minimum Gasteiger partial charge on any atom is -0.464 e. The highest BCUT2D eigenvalue weighted by Crippen LogP contribution is 2.29. The summed E-state index contributed by atoms with van der Waals surface area (Å²) < 4.78 is 16.1. The predicted octanol–water partition coefficient (Wildman–Crippen LogP) is 3.04. The molecule has 2 N–H and O–H groups in total. The molecule has 4 rings (SSSR count). The number of para-hydroxylation sites is 2. The van der Waals surface area contributed by atoms with E-state index in [-0.39, 0.29) is 30.2 Å². The Labute approximate surface area is 199 Å². The molecule has 0 saturated carbocycles. The summed E-state index contributed by atoms with van der Waals surface area (Å²) >= 11 is 1.18. The minimum absolute atomic E-state index is 0.0258. The van der Waals surface area contributed by atoms with Gasteiger partial charge in [-0.3, -0.25) is 9.78 Å². The summed E-state index contributed by atoms with van der Waals surface area (Å²) in [7, 11) is 0. The Morgan fingerprint density at radius 2 is 1.94 bits per heavy atom. The van der Waals surface area contributed by atoms with E-state index >= 15 is 0 Å². The number of carbonyl (C=O) groups excluding carboxylic acids is 3. The van der Waals surface area contributed by atoms with E-state index in [4.69, 9.17) is 13.9 Å². The highest BCUT2D eigenvalue weighted by molar-refractivity contribution is 7.99. The molecule has 3 aromatic rings. The molecule has 176 valence electrons.